The lowest BCUT2D eigenvalue weighted by Gasteiger charge is -2.18. The first-order chi connectivity index (χ1) is 8.68. The van der Waals surface area contributed by atoms with E-state index in [9.17, 15) is 0 Å². The van der Waals surface area contributed by atoms with Gasteiger partial charge in [-0.2, -0.15) is 0 Å². The van der Waals surface area contributed by atoms with Gasteiger partial charge in [0.15, 0.2) is 5.96 Å². The smallest absolute Gasteiger partial charge is 0.191 e. The number of benzene rings is 1. The Kier molecular flexibility index (Phi) is 2.94. The van der Waals surface area contributed by atoms with E-state index in [1.165, 1.54) is 18.4 Å². The van der Waals surface area contributed by atoms with Crippen molar-refractivity contribution in [3.05, 3.63) is 34.9 Å². The largest absolute Gasteiger partial charge is 0.356 e. The van der Waals surface area contributed by atoms with Crippen molar-refractivity contribution in [1.82, 2.24) is 10.6 Å². The van der Waals surface area contributed by atoms with Gasteiger partial charge in [-0.1, -0.05) is 23.7 Å². The van der Waals surface area contributed by atoms with E-state index in [-0.39, 0.29) is 0 Å². The van der Waals surface area contributed by atoms with Gasteiger partial charge in [0, 0.05) is 23.0 Å². The van der Waals surface area contributed by atoms with Gasteiger partial charge < -0.3 is 10.6 Å². The molecule has 0 amide bonds. The van der Waals surface area contributed by atoms with Crippen molar-refractivity contribution in [2.24, 2.45) is 4.99 Å². The van der Waals surface area contributed by atoms with Crippen LogP contribution in [0.3, 0.4) is 0 Å². The molecule has 1 unspecified atom stereocenters. The molecule has 96 valence electrons. The van der Waals surface area contributed by atoms with Gasteiger partial charge in [0.05, 0.1) is 6.54 Å². The van der Waals surface area contributed by atoms with Crippen LogP contribution >= 0.6 is 11.6 Å². The van der Waals surface area contributed by atoms with Crippen LogP contribution in [0.5, 0.6) is 0 Å². The van der Waals surface area contributed by atoms with Gasteiger partial charge in [0.25, 0.3) is 0 Å². The van der Waals surface area contributed by atoms with E-state index < -0.39 is 0 Å². The molecule has 0 spiro atoms. The van der Waals surface area contributed by atoms with Crippen molar-refractivity contribution in [2.75, 3.05) is 13.1 Å². The molecule has 3 rings (SSSR count). The Balaban J connectivity index is 1.63. The first kappa shape index (κ1) is 11.8. The highest BCUT2D eigenvalue weighted by Gasteiger charge is 2.44. The number of nitrogens with one attached hydrogen (secondary N) is 2. The first-order valence-electron chi connectivity index (χ1n) is 6.49. The lowest BCUT2D eigenvalue weighted by Crippen LogP contribution is -2.41. The molecule has 1 fully saturated rings. The van der Waals surface area contributed by atoms with Crippen LogP contribution in [0.25, 0.3) is 0 Å². The third-order valence-electron chi connectivity index (χ3n) is 3.81. The molecule has 2 aliphatic rings. The van der Waals surface area contributed by atoms with Crippen molar-refractivity contribution in [3.8, 4) is 0 Å². The second-order valence-corrected chi connectivity index (χ2v) is 5.81. The summed E-state index contributed by atoms with van der Waals surface area (Å²) in [4.78, 5) is 4.43. The Morgan fingerprint density at radius 2 is 2.11 bits per heavy atom. The summed E-state index contributed by atoms with van der Waals surface area (Å²) < 4.78 is 0. The Bertz CT molecular complexity index is 462. The van der Waals surface area contributed by atoms with Crippen molar-refractivity contribution in [2.45, 2.75) is 31.2 Å². The van der Waals surface area contributed by atoms with E-state index in [2.05, 4.69) is 34.7 Å². The number of aliphatic imine (C=N–C) groups is 1. The molecule has 4 heteroatoms. The third-order valence-corrected chi connectivity index (χ3v) is 4.06. The lowest BCUT2D eigenvalue weighted by molar-refractivity contribution is 0.644. The zero-order chi connectivity index (χ0) is 12.6. The lowest BCUT2D eigenvalue weighted by atomic mass is 9.96. The van der Waals surface area contributed by atoms with Gasteiger partial charge in [-0.3, -0.25) is 4.99 Å². The minimum atomic E-state index is 0.292. The van der Waals surface area contributed by atoms with Crippen LogP contribution in [0.2, 0.25) is 5.02 Å². The first-order valence-corrected chi connectivity index (χ1v) is 6.87. The topological polar surface area (TPSA) is 36.4 Å². The number of rotatable bonds is 3. The van der Waals surface area contributed by atoms with Crippen molar-refractivity contribution in [1.29, 1.82) is 0 Å². The summed E-state index contributed by atoms with van der Waals surface area (Å²) >= 11 is 5.93. The SMILES string of the molecule is CC1CN=C(NCC2(c3ccc(Cl)cc3)CC2)N1. The zero-order valence-electron chi connectivity index (χ0n) is 10.5. The molecule has 0 aromatic heterocycles. The average molecular weight is 264 g/mol. The standard InChI is InChI=1S/C14H18ClN3/c1-10-8-16-13(18-10)17-9-14(6-7-14)11-2-4-12(15)5-3-11/h2-5,10H,6-9H2,1H3,(H2,16,17,18). The Hall–Kier alpha value is -1.22. The van der Waals surface area contributed by atoms with E-state index in [0.717, 1.165) is 24.1 Å². The van der Waals surface area contributed by atoms with Gasteiger partial charge in [-0.05, 0) is 37.5 Å². The molecular formula is C14H18ClN3. The predicted octanol–water partition coefficient (Wildman–Crippen LogP) is 2.31. The molecule has 1 atom stereocenters. The minimum Gasteiger partial charge on any atom is -0.356 e. The van der Waals surface area contributed by atoms with E-state index in [1.54, 1.807) is 0 Å². The Morgan fingerprint density at radius 1 is 1.39 bits per heavy atom. The van der Waals surface area contributed by atoms with Crippen LogP contribution in [-0.2, 0) is 5.41 Å². The van der Waals surface area contributed by atoms with Crippen LogP contribution in [-0.4, -0.2) is 25.1 Å². The van der Waals surface area contributed by atoms with E-state index >= 15 is 0 Å². The second kappa shape index (κ2) is 4.47. The normalized spacial score (nSPS) is 24.3. The van der Waals surface area contributed by atoms with E-state index in [4.69, 9.17) is 11.6 Å². The molecule has 1 aliphatic carbocycles. The summed E-state index contributed by atoms with van der Waals surface area (Å²) in [6.45, 7) is 3.97. The molecule has 0 saturated heterocycles. The second-order valence-electron chi connectivity index (χ2n) is 5.38. The van der Waals surface area contributed by atoms with Crippen molar-refractivity contribution >= 4 is 17.6 Å². The molecule has 0 radical (unpaired) electrons. The fourth-order valence-corrected chi connectivity index (χ4v) is 2.56. The minimum absolute atomic E-state index is 0.292. The number of hydrogen-bond donors (Lipinski definition) is 2. The number of nitrogens with zero attached hydrogens (tertiary/aromatic N) is 1. The monoisotopic (exact) mass is 263 g/mol. The number of hydrogen-bond acceptors (Lipinski definition) is 3. The molecule has 0 bridgehead atoms. The Labute approximate surface area is 113 Å². The maximum absolute atomic E-state index is 5.93. The summed E-state index contributed by atoms with van der Waals surface area (Å²) in [5.74, 6) is 0.947. The number of halogens is 1. The maximum atomic E-state index is 5.93. The van der Waals surface area contributed by atoms with Gasteiger partial charge in [0.2, 0.25) is 0 Å². The molecule has 1 aliphatic heterocycles. The highest BCUT2D eigenvalue weighted by atomic mass is 35.5. The fraction of sp³-hybridized carbons (Fsp3) is 0.500. The summed E-state index contributed by atoms with van der Waals surface area (Å²) in [5, 5.41) is 7.57. The molecule has 1 aromatic rings. The third kappa shape index (κ3) is 2.32. The van der Waals surface area contributed by atoms with Gasteiger partial charge >= 0.3 is 0 Å². The molecule has 1 saturated carbocycles. The fourth-order valence-electron chi connectivity index (χ4n) is 2.43. The van der Waals surface area contributed by atoms with E-state index in [1.807, 2.05) is 12.1 Å². The molecule has 1 aromatic carbocycles. The van der Waals surface area contributed by atoms with Crippen LogP contribution in [0.4, 0.5) is 0 Å². The zero-order valence-corrected chi connectivity index (χ0v) is 11.3. The number of guanidine groups is 1. The summed E-state index contributed by atoms with van der Waals surface area (Å²) in [6.07, 6.45) is 2.48. The van der Waals surface area contributed by atoms with Crippen molar-refractivity contribution < 1.29 is 0 Å². The highest BCUT2D eigenvalue weighted by molar-refractivity contribution is 6.30. The molecule has 1 heterocycles. The quantitative estimate of drug-likeness (QED) is 0.878. The summed E-state index contributed by atoms with van der Waals surface area (Å²) in [5.41, 5.74) is 1.67. The van der Waals surface area contributed by atoms with Gasteiger partial charge in [-0.15, -0.1) is 0 Å². The van der Waals surface area contributed by atoms with Crippen LogP contribution in [0.15, 0.2) is 29.3 Å². The van der Waals surface area contributed by atoms with Crippen LogP contribution in [0.1, 0.15) is 25.3 Å². The molecule has 2 N–H and O–H groups in total. The Morgan fingerprint density at radius 3 is 2.67 bits per heavy atom. The van der Waals surface area contributed by atoms with Gasteiger partial charge in [0.1, 0.15) is 0 Å². The van der Waals surface area contributed by atoms with E-state index in [0.29, 0.717) is 11.5 Å². The maximum Gasteiger partial charge on any atom is 0.191 e. The summed E-state index contributed by atoms with van der Waals surface area (Å²) in [6, 6.07) is 8.69. The molecular weight excluding hydrogens is 246 g/mol. The highest BCUT2D eigenvalue weighted by Crippen LogP contribution is 2.47. The predicted molar refractivity (Wildman–Crippen MR) is 75.3 cm³/mol. The van der Waals surface area contributed by atoms with Crippen molar-refractivity contribution in [3.63, 3.8) is 0 Å². The van der Waals surface area contributed by atoms with Gasteiger partial charge in [-0.25, -0.2) is 0 Å². The average Bonchev–Trinajstić information content (AvgIpc) is 3.05. The molecule has 3 nitrogen and oxygen atoms in total. The van der Waals surface area contributed by atoms with Crippen LogP contribution in [0, 0.1) is 0 Å². The van der Waals surface area contributed by atoms with Crippen LogP contribution < -0.4 is 10.6 Å². The summed E-state index contributed by atoms with van der Waals surface area (Å²) in [7, 11) is 0. The molecule has 18 heavy (non-hydrogen) atoms.